The molecule has 1 saturated heterocycles. The molecule has 8 heteroatoms. The van der Waals surface area contributed by atoms with Gasteiger partial charge in [0, 0.05) is 38.0 Å². The number of nitrogens with zero attached hydrogens (tertiary/aromatic N) is 2. The first-order valence-electron chi connectivity index (χ1n) is 10.4. The molecule has 1 N–H and O–H groups in total. The third kappa shape index (κ3) is 4.63. The summed E-state index contributed by atoms with van der Waals surface area (Å²) >= 11 is 12.1. The first-order valence-corrected chi connectivity index (χ1v) is 11.2. The number of methoxy groups -OCH3 is 1. The van der Waals surface area contributed by atoms with E-state index < -0.39 is 17.7 Å². The maximum atomic E-state index is 13.0. The average molecular weight is 477 g/mol. The van der Waals surface area contributed by atoms with E-state index in [9.17, 15) is 14.7 Å². The number of hydrogen-bond acceptors (Lipinski definition) is 5. The van der Waals surface area contributed by atoms with Crippen molar-refractivity contribution in [2.24, 2.45) is 0 Å². The summed E-state index contributed by atoms with van der Waals surface area (Å²) in [6, 6.07) is 11.5. The van der Waals surface area contributed by atoms with Crippen LogP contribution in [0.3, 0.4) is 0 Å². The highest BCUT2D eigenvalue weighted by Crippen LogP contribution is 2.40. The number of amides is 1. The van der Waals surface area contributed by atoms with Gasteiger partial charge in [0.25, 0.3) is 11.7 Å². The predicted molar refractivity (Wildman–Crippen MR) is 127 cm³/mol. The lowest BCUT2D eigenvalue weighted by Crippen LogP contribution is -2.32. The SMILES string of the molecule is CCN(CC)c1ccc(C2/C(=C(/O)c3ccc(Cl)c(Cl)c3)C(=O)C(=O)N2CCOC)cc1. The van der Waals surface area contributed by atoms with Crippen LogP contribution in [0, 0.1) is 0 Å². The highest BCUT2D eigenvalue weighted by atomic mass is 35.5. The number of anilines is 1. The molecular weight excluding hydrogens is 451 g/mol. The van der Waals surface area contributed by atoms with E-state index in [2.05, 4.69) is 18.7 Å². The molecule has 170 valence electrons. The van der Waals surface area contributed by atoms with Crippen LogP contribution in [-0.4, -0.2) is 55.0 Å². The molecule has 1 atom stereocenters. The summed E-state index contributed by atoms with van der Waals surface area (Å²) < 4.78 is 5.14. The molecule has 0 aromatic heterocycles. The van der Waals surface area contributed by atoms with Crippen molar-refractivity contribution in [3.63, 3.8) is 0 Å². The van der Waals surface area contributed by atoms with Crippen LogP contribution >= 0.6 is 23.2 Å². The summed E-state index contributed by atoms with van der Waals surface area (Å²) in [5.41, 5.74) is 2.09. The standard InChI is InChI=1S/C24H26Cl2N2O4/c1-4-27(5-2)17-9-6-15(7-10-17)21-20(23(30)24(31)28(21)12-13-32-3)22(29)16-8-11-18(25)19(26)14-16/h6-11,14,21,29H,4-5,12-13H2,1-3H3/b22-20-. The second-order valence-corrected chi connectivity index (χ2v) is 8.19. The normalized spacial score (nSPS) is 17.8. The van der Waals surface area contributed by atoms with E-state index in [4.69, 9.17) is 27.9 Å². The quantitative estimate of drug-likeness (QED) is 0.333. The lowest BCUT2D eigenvalue weighted by atomic mass is 9.95. The van der Waals surface area contributed by atoms with Gasteiger partial charge < -0.3 is 19.6 Å². The molecular formula is C24H26Cl2N2O4. The van der Waals surface area contributed by atoms with E-state index in [1.807, 2.05) is 24.3 Å². The summed E-state index contributed by atoms with van der Waals surface area (Å²) in [7, 11) is 1.53. The van der Waals surface area contributed by atoms with E-state index in [1.54, 1.807) is 6.07 Å². The smallest absolute Gasteiger partial charge is 0.295 e. The maximum Gasteiger partial charge on any atom is 0.295 e. The van der Waals surface area contributed by atoms with Crippen molar-refractivity contribution in [2.75, 3.05) is 38.3 Å². The highest BCUT2D eigenvalue weighted by Gasteiger charge is 2.45. The minimum absolute atomic E-state index is 0.0140. The fourth-order valence-electron chi connectivity index (χ4n) is 3.90. The van der Waals surface area contributed by atoms with Crippen molar-refractivity contribution in [1.29, 1.82) is 0 Å². The molecule has 0 spiro atoms. The highest BCUT2D eigenvalue weighted by molar-refractivity contribution is 6.46. The molecule has 32 heavy (non-hydrogen) atoms. The summed E-state index contributed by atoms with van der Waals surface area (Å²) in [5.74, 6) is -1.72. The van der Waals surface area contributed by atoms with Crippen LogP contribution in [0.25, 0.3) is 5.76 Å². The number of ether oxygens (including phenoxy) is 1. The minimum atomic E-state index is -0.748. The largest absolute Gasteiger partial charge is 0.507 e. The average Bonchev–Trinajstić information content (AvgIpc) is 3.05. The fraction of sp³-hybridized carbons (Fsp3) is 0.333. The third-order valence-corrected chi connectivity index (χ3v) is 6.35. The molecule has 1 heterocycles. The van der Waals surface area contributed by atoms with Crippen LogP contribution < -0.4 is 4.90 Å². The number of ketones is 1. The number of likely N-dealkylation sites (tertiary alicyclic amines) is 1. The van der Waals surface area contributed by atoms with Gasteiger partial charge in [-0.05, 0) is 49.7 Å². The second kappa shape index (κ2) is 10.4. The Balaban J connectivity index is 2.12. The van der Waals surface area contributed by atoms with Gasteiger partial charge in [0.1, 0.15) is 5.76 Å². The number of hydrogen-bond donors (Lipinski definition) is 1. The zero-order valence-electron chi connectivity index (χ0n) is 18.3. The van der Waals surface area contributed by atoms with Crippen molar-refractivity contribution in [1.82, 2.24) is 4.90 Å². The van der Waals surface area contributed by atoms with Crippen molar-refractivity contribution < 1.29 is 19.4 Å². The van der Waals surface area contributed by atoms with Gasteiger partial charge in [0.15, 0.2) is 0 Å². The summed E-state index contributed by atoms with van der Waals surface area (Å²) in [6.07, 6.45) is 0. The zero-order valence-corrected chi connectivity index (χ0v) is 19.8. The molecule has 0 bridgehead atoms. The van der Waals surface area contributed by atoms with Gasteiger partial charge in [-0.3, -0.25) is 9.59 Å². The van der Waals surface area contributed by atoms with E-state index in [-0.39, 0.29) is 29.5 Å². The molecule has 6 nitrogen and oxygen atoms in total. The lowest BCUT2D eigenvalue weighted by Gasteiger charge is -2.26. The number of Topliss-reactive ketones (excluding diaryl/α,β-unsaturated/α-hetero) is 1. The van der Waals surface area contributed by atoms with Crippen LogP contribution in [-0.2, 0) is 14.3 Å². The number of carbonyl (C=O) groups excluding carboxylic acids is 2. The molecule has 3 rings (SSSR count). The van der Waals surface area contributed by atoms with Crippen LogP contribution in [0.2, 0.25) is 10.0 Å². The van der Waals surface area contributed by atoms with E-state index in [1.165, 1.54) is 24.1 Å². The molecule has 0 aliphatic carbocycles. The number of aliphatic hydroxyl groups is 1. The molecule has 0 saturated carbocycles. The number of benzene rings is 2. The second-order valence-electron chi connectivity index (χ2n) is 7.38. The van der Waals surface area contributed by atoms with Gasteiger partial charge in [0.2, 0.25) is 0 Å². The molecule has 1 aliphatic rings. The van der Waals surface area contributed by atoms with Gasteiger partial charge in [-0.1, -0.05) is 35.3 Å². The summed E-state index contributed by atoms with van der Waals surface area (Å²) in [6.45, 7) is 6.34. The van der Waals surface area contributed by atoms with Crippen LogP contribution in [0.15, 0.2) is 48.0 Å². The minimum Gasteiger partial charge on any atom is -0.507 e. The first-order chi connectivity index (χ1) is 15.3. The molecule has 1 amide bonds. The molecule has 2 aromatic rings. The summed E-state index contributed by atoms with van der Waals surface area (Å²) in [4.78, 5) is 29.5. The van der Waals surface area contributed by atoms with Crippen LogP contribution in [0.4, 0.5) is 5.69 Å². The zero-order chi connectivity index (χ0) is 23.4. The van der Waals surface area contributed by atoms with E-state index >= 15 is 0 Å². The molecule has 1 aliphatic heterocycles. The van der Waals surface area contributed by atoms with Gasteiger partial charge in [-0.15, -0.1) is 0 Å². The Bertz CT molecular complexity index is 1030. The Morgan fingerprint density at radius 3 is 2.28 bits per heavy atom. The predicted octanol–water partition coefficient (Wildman–Crippen LogP) is 4.91. The van der Waals surface area contributed by atoms with Crippen molar-refractivity contribution >= 4 is 46.3 Å². The lowest BCUT2D eigenvalue weighted by molar-refractivity contribution is -0.140. The molecule has 1 fully saturated rings. The van der Waals surface area contributed by atoms with Crippen molar-refractivity contribution in [3.8, 4) is 0 Å². The number of halogens is 2. The Morgan fingerprint density at radius 2 is 1.72 bits per heavy atom. The van der Waals surface area contributed by atoms with Crippen molar-refractivity contribution in [3.05, 3.63) is 69.2 Å². The monoisotopic (exact) mass is 476 g/mol. The van der Waals surface area contributed by atoms with Gasteiger partial charge >= 0.3 is 0 Å². The van der Waals surface area contributed by atoms with E-state index in [0.717, 1.165) is 24.3 Å². The Kier molecular flexibility index (Phi) is 7.82. The Morgan fingerprint density at radius 1 is 1.06 bits per heavy atom. The third-order valence-electron chi connectivity index (χ3n) is 5.61. The summed E-state index contributed by atoms with van der Waals surface area (Å²) in [5, 5.41) is 11.6. The number of rotatable bonds is 8. The fourth-order valence-corrected chi connectivity index (χ4v) is 4.20. The van der Waals surface area contributed by atoms with Gasteiger partial charge in [-0.25, -0.2) is 0 Å². The Hall–Kier alpha value is -2.54. The molecule has 0 radical (unpaired) electrons. The van der Waals surface area contributed by atoms with E-state index in [0.29, 0.717) is 10.6 Å². The van der Waals surface area contributed by atoms with Crippen LogP contribution in [0.1, 0.15) is 31.0 Å². The van der Waals surface area contributed by atoms with Crippen molar-refractivity contribution in [2.45, 2.75) is 19.9 Å². The van der Waals surface area contributed by atoms with Gasteiger partial charge in [0.05, 0.1) is 28.3 Å². The Labute approximate surface area is 198 Å². The number of carbonyl (C=O) groups is 2. The maximum absolute atomic E-state index is 13.0. The topological polar surface area (TPSA) is 70.1 Å². The first kappa shape index (κ1) is 24.1. The van der Waals surface area contributed by atoms with Gasteiger partial charge in [-0.2, -0.15) is 0 Å². The molecule has 2 aromatic carbocycles. The number of aliphatic hydroxyl groups excluding tert-OH is 1. The molecule has 1 unspecified atom stereocenters. The van der Waals surface area contributed by atoms with Crippen LogP contribution in [0.5, 0.6) is 0 Å².